The second-order valence-corrected chi connectivity index (χ2v) is 7.17. The standard InChI is InChI=1S/C17H21N3O3S/c1-10-8-18-15(11(2)16(10)23-4)9-24(21)17-19-13-6-5-12(22-3)7-14(13)20-17/h5-8,17,19-20H,9H2,1-4H3/t17-,24-/m0/s1. The van der Waals surface area contributed by atoms with E-state index in [0.29, 0.717) is 5.75 Å². The highest BCUT2D eigenvalue weighted by molar-refractivity contribution is 7.85. The second kappa shape index (κ2) is 6.68. The lowest BCUT2D eigenvalue weighted by Crippen LogP contribution is -2.29. The number of ether oxygens (including phenoxy) is 2. The zero-order valence-electron chi connectivity index (χ0n) is 14.2. The molecule has 24 heavy (non-hydrogen) atoms. The summed E-state index contributed by atoms with van der Waals surface area (Å²) in [6, 6.07) is 5.67. The van der Waals surface area contributed by atoms with Gasteiger partial charge in [-0.05, 0) is 26.0 Å². The van der Waals surface area contributed by atoms with E-state index in [1.165, 1.54) is 0 Å². The molecule has 0 saturated carbocycles. The highest BCUT2D eigenvalue weighted by Gasteiger charge is 2.26. The molecule has 2 aromatic rings. The lowest BCUT2D eigenvalue weighted by Gasteiger charge is -2.15. The van der Waals surface area contributed by atoms with Crippen molar-refractivity contribution in [1.82, 2.24) is 4.98 Å². The summed E-state index contributed by atoms with van der Waals surface area (Å²) in [6.07, 6.45) is 1.76. The van der Waals surface area contributed by atoms with E-state index in [9.17, 15) is 4.21 Å². The monoisotopic (exact) mass is 347 g/mol. The van der Waals surface area contributed by atoms with Crippen molar-refractivity contribution in [1.29, 1.82) is 0 Å². The maximum Gasteiger partial charge on any atom is 0.175 e. The highest BCUT2D eigenvalue weighted by atomic mass is 32.2. The number of hydrogen-bond acceptors (Lipinski definition) is 6. The molecule has 2 N–H and O–H groups in total. The quantitative estimate of drug-likeness (QED) is 0.866. The van der Waals surface area contributed by atoms with Gasteiger partial charge in [0.05, 0.1) is 47.8 Å². The van der Waals surface area contributed by atoms with Crippen LogP contribution in [0.25, 0.3) is 0 Å². The van der Waals surface area contributed by atoms with Crippen LogP contribution >= 0.6 is 0 Å². The minimum absolute atomic E-state index is 0.345. The van der Waals surface area contributed by atoms with E-state index in [4.69, 9.17) is 9.47 Å². The average molecular weight is 347 g/mol. The van der Waals surface area contributed by atoms with Gasteiger partial charge < -0.3 is 20.1 Å². The third-order valence-corrected chi connectivity index (χ3v) is 5.41. The number of pyridine rings is 1. The van der Waals surface area contributed by atoms with E-state index in [1.54, 1.807) is 20.4 Å². The zero-order chi connectivity index (χ0) is 17.3. The highest BCUT2D eigenvalue weighted by Crippen LogP contribution is 2.34. The molecular weight excluding hydrogens is 326 g/mol. The molecule has 0 unspecified atom stereocenters. The summed E-state index contributed by atoms with van der Waals surface area (Å²) in [5.41, 5.74) is 4.14. The van der Waals surface area contributed by atoms with Gasteiger partial charge in [0.25, 0.3) is 0 Å². The third kappa shape index (κ3) is 3.03. The summed E-state index contributed by atoms with van der Waals surface area (Å²) in [5.74, 6) is 1.91. The molecule has 6 nitrogen and oxygen atoms in total. The molecule has 0 spiro atoms. The molecule has 3 rings (SSSR count). The Labute approximate surface area is 144 Å². The molecule has 0 saturated heterocycles. The Morgan fingerprint density at radius 3 is 2.62 bits per heavy atom. The Bertz CT molecular complexity index is 795. The smallest absolute Gasteiger partial charge is 0.175 e. The van der Waals surface area contributed by atoms with Crippen molar-refractivity contribution in [3.8, 4) is 11.5 Å². The van der Waals surface area contributed by atoms with E-state index < -0.39 is 10.8 Å². The molecule has 7 heteroatoms. The fourth-order valence-corrected chi connectivity index (χ4v) is 4.02. The Kier molecular flexibility index (Phi) is 4.62. The second-order valence-electron chi connectivity index (χ2n) is 5.65. The van der Waals surface area contributed by atoms with Crippen LogP contribution in [0.15, 0.2) is 24.4 Å². The Balaban J connectivity index is 1.75. The number of aryl methyl sites for hydroxylation is 1. The minimum atomic E-state index is -1.19. The number of hydrogen-bond donors (Lipinski definition) is 2. The van der Waals surface area contributed by atoms with Gasteiger partial charge in [0, 0.05) is 23.4 Å². The number of nitrogens with one attached hydrogen (secondary N) is 2. The molecule has 0 radical (unpaired) electrons. The molecule has 128 valence electrons. The van der Waals surface area contributed by atoms with Crippen LogP contribution in [-0.4, -0.2) is 28.9 Å². The first-order valence-corrected chi connectivity index (χ1v) is 8.99. The number of nitrogens with zero attached hydrogens (tertiary/aromatic N) is 1. The first kappa shape index (κ1) is 16.6. The Morgan fingerprint density at radius 1 is 1.17 bits per heavy atom. The molecule has 0 fully saturated rings. The Morgan fingerprint density at radius 2 is 1.92 bits per heavy atom. The number of methoxy groups -OCH3 is 2. The summed E-state index contributed by atoms with van der Waals surface area (Å²) in [4.78, 5) is 4.43. The van der Waals surface area contributed by atoms with Crippen LogP contribution in [0.3, 0.4) is 0 Å². The van der Waals surface area contributed by atoms with Crippen molar-refractivity contribution in [3.63, 3.8) is 0 Å². The van der Waals surface area contributed by atoms with Gasteiger partial charge in [0.2, 0.25) is 0 Å². The average Bonchev–Trinajstić information content (AvgIpc) is 3.01. The minimum Gasteiger partial charge on any atom is -0.497 e. The fourth-order valence-electron chi connectivity index (χ4n) is 2.78. The van der Waals surface area contributed by atoms with Crippen LogP contribution in [0.1, 0.15) is 16.8 Å². The van der Waals surface area contributed by atoms with Crippen LogP contribution in [0, 0.1) is 13.8 Å². The summed E-state index contributed by atoms with van der Waals surface area (Å²) < 4.78 is 23.4. The van der Waals surface area contributed by atoms with Crippen molar-refractivity contribution >= 4 is 22.2 Å². The molecule has 1 aliphatic rings. The van der Waals surface area contributed by atoms with Gasteiger partial charge in [-0.15, -0.1) is 0 Å². The Hall–Kier alpha value is -2.28. The molecule has 0 aliphatic carbocycles. The maximum absolute atomic E-state index is 12.7. The predicted molar refractivity (Wildman–Crippen MR) is 96.1 cm³/mol. The first-order valence-electron chi connectivity index (χ1n) is 7.61. The SMILES string of the molecule is COc1ccc2c(c1)N[C@@H]([S@@](=O)Cc1ncc(C)c(OC)c1C)N2. The van der Waals surface area contributed by atoms with E-state index >= 15 is 0 Å². The third-order valence-electron chi connectivity index (χ3n) is 4.09. The number of aromatic nitrogens is 1. The van der Waals surface area contributed by atoms with Gasteiger partial charge in [0.15, 0.2) is 5.50 Å². The zero-order valence-corrected chi connectivity index (χ0v) is 15.0. The molecule has 1 aromatic carbocycles. The summed E-state index contributed by atoms with van der Waals surface area (Å²) in [7, 11) is 2.07. The number of rotatable bonds is 5. The maximum atomic E-state index is 12.7. The molecule has 1 aliphatic heterocycles. The van der Waals surface area contributed by atoms with Gasteiger partial charge in [-0.1, -0.05) is 0 Å². The van der Waals surface area contributed by atoms with E-state index in [0.717, 1.165) is 39.7 Å². The van der Waals surface area contributed by atoms with Gasteiger partial charge >= 0.3 is 0 Å². The predicted octanol–water partition coefficient (Wildman–Crippen LogP) is 2.79. The normalized spacial score (nSPS) is 16.8. The van der Waals surface area contributed by atoms with Gasteiger partial charge in [-0.2, -0.15) is 0 Å². The van der Waals surface area contributed by atoms with Crippen LogP contribution in [0.4, 0.5) is 11.4 Å². The van der Waals surface area contributed by atoms with Gasteiger partial charge in [0.1, 0.15) is 11.5 Å². The van der Waals surface area contributed by atoms with E-state index in [2.05, 4.69) is 15.6 Å². The van der Waals surface area contributed by atoms with Crippen LogP contribution in [-0.2, 0) is 16.6 Å². The van der Waals surface area contributed by atoms with E-state index in [-0.39, 0.29) is 5.50 Å². The number of benzene rings is 1. The lowest BCUT2D eigenvalue weighted by atomic mass is 10.1. The first-order chi connectivity index (χ1) is 11.5. The number of anilines is 2. The largest absolute Gasteiger partial charge is 0.497 e. The van der Waals surface area contributed by atoms with Crippen molar-refractivity contribution in [2.45, 2.75) is 25.1 Å². The molecular formula is C17H21N3O3S. The summed E-state index contributed by atoms with van der Waals surface area (Å²) >= 11 is 0. The van der Waals surface area contributed by atoms with E-state index in [1.807, 2.05) is 32.0 Å². The van der Waals surface area contributed by atoms with Crippen molar-refractivity contribution in [2.24, 2.45) is 0 Å². The molecule has 2 heterocycles. The van der Waals surface area contributed by atoms with Crippen molar-refractivity contribution < 1.29 is 13.7 Å². The van der Waals surface area contributed by atoms with Crippen molar-refractivity contribution in [3.05, 3.63) is 41.2 Å². The molecule has 0 bridgehead atoms. The van der Waals surface area contributed by atoms with Gasteiger partial charge in [-0.25, -0.2) is 0 Å². The molecule has 2 atom stereocenters. The van der Waals surface area contributed by atoms with Gasteiger partial charge in [-0.3, -0.25) is 9.19 Å². The number of fused-ring (bicyclic) bond motifs is 1. The lowest BCUT2D eigenvalue weighted by molar-refractivity contribution is 0.407. The molecule has 0 amide bonds. The van der Waals surface area contributed by atoms with Crippen LogP contribution in [0.2, 0.25) is 0 Å². The topological polar surface area (TPSA) is 72.5 Å². The van der Waals surface area contributed by atoms with Crippen LogP contribution < -0.4 is 20.1 Å². The van der Waals surface area contributed by atoms with Crippen molar-refractivity contribution in [2.75, 3.05) is 24.9 Å². The summed E-state index contributed by atoms with van der Waals surface area (Å²) in [6.45, 7) is 3.89. The fraction of sp³-hybridized carbons (Fsp3) is 0.353. The molecule has 1 aromatic heterocycles. The summed E-state index contributed by atoms with van der Waals surface area (Å²) in [5, 5.41) is 6.48. The van der Waals surface area contributed by atoms with Crippen LogP contribution in [0.5, 0.6) is 11.5 Å².